The topological polar surface area (TPSA) is 125 Å². The Bertz CT molecular complexity index is 1240. The summed E-state index contributed by atoms with van der Waals surface area (Å²) >= 11 is 0. The summed E-state index contributed by atoms with van der Waals surface area (Å²) < 4.78 is 52.0. The summed E-state index contributed by atoms with van der Waals surface area (Å²) in [4.78, 5) is 16.9. The Balaban J connectivity index is 1.48. The quantitative estimate of drug-likeness (QED) is 0.729. The molecule has 0 radical (unpaired) electrons. The van der Waals surface area contributed by atoms with Gasteiger partial charge in [0.2, 0.25) is 15.9 Å². The van der Waals surface area contributed by atoms with Gasteiger partial charge in [0.15, 0.2) is 0 Å². The fraction of sp³-hybridized carbons (Fsp3) is 0.263. The van der Waals surface area contributed by atoms with E-state index in [1.54, 1.807) is 49.4 Å². The van der Waals surface area contributed by atoms with Crippen LogP contribution in [0.25, 0.3) is 0 Å². The highest BCUT2D eigenvalue weighted by atomic mass is 32.2. The Labute approximate surface area is 174 Å². The number of carbonyl (C=O) groups is 1. The molecule has 2 aliphatic heterocycles. The van der Waals surface area contributed by atoms with Crippen molar-refractivity contribution >= 4 is 43.2 Å². The van der Waals surface area contributed by atoms with E-state index in [9.17, 15) is 21.6 Å². The van der Waals surface area contributed by atoms with Crippen LogP contribution in [-0.2, 0) is 24.8 Å². The first-order valence-corrected chi connectivity index (χ1v) is 12.4. The first-order chi connectivity index (χ1) is 14.2. The van der Waals surface area contributed by atoms with Crippen LogP contribution in [0.1, 0.15) is 18.9 Å². The molecule has 0 bridgehead atoms. The number of nitrogens with zero attached hydrogens (tertiary/aromatic N) is 2. The molecular formula is C19H20N4O5S2. The molecule has 1 saturated heterocycles. The highest BCUT2D eigenvalue weighted by molar-refractivity contribution is 7.93. The lowest BCUT2D eigenvalue weighted by molar-refractivity contribution is -0.117. The van der Waals surface area contributed by atoms with Crippen LogP contribution < -0.4 is 14.3 Å². The first-order valence-electron chi connectivity index (χ1n) is 9.29. The van der Waals surface area contributed by atoms with Gasteiger partial charge in [-0.25, -0.2) is 16.8 Å². The van der Waals surface area contributed by atoms with Crippen LogP contribution in [-0.4, -0.2) is 46.9 Å². The molecule has 0 saturated carbocycles. The smallest absolute Gasteiger partial charge is 0.263 e. The maximum Gasteiger partial charge on any atom is 0.263 e. The molecule has 2 aromatic carbocycles. The van der Waals surface area contributed by atoms with E-state index in [1.165, 1.54) is 10.4 Å². The van der Waals surface area contributed by atoms with Gasteiger partial charge in [0, 0.05) is 17.8 Å². The van der Waals surface area contributed by atoms with Gasteiger partial charge < -0.3 is 5.32 Å². The third-order valence-corrected chi connectivity index (χ3v) is 8.15. The van der Waals surface area contributed by atoms with Crippen LogP contribution >= 0.6 is 0 Å². The minimum absolute atomic E-state index is 0.128. The van der Waals surface area contributed by atoms with Gasteiger partial charge in [0.05, 0.1) is 16.3 Å². The predicted octanol–water partition coefficient (Wildman–Crippen LogP) is 1.29. The lowest BCUT2D eigenvalue weighted by Gasteiger charge is -2.17. The lowest BCUT2D eigenvalue weighted by atomic mass is 10.2. The Kier molecular flexibility index (Phi) is 5.02. The summed E-state index contributed by atoms with van der Waals surface area (Å²) in [7, 11) is -6.94. The Morgan fingerprint density at radius 3 is 2.47 bits per heavy atom. The minimum Gasteiger partial charge on any atom is -0.324 e. The van der Waals surface area contributed by atoms with Gasteiger partial charge in [-0.2, -0.15) is 0 Å². The molecule has 2 N–H and O–H groups in total. The Morgan fingerprint density at radius 1 is 1.10 bits per heavy atom. The van der Waals surface area contributed by atoms with E-state index in [1.807, 2.05) is 0 Å². The van der Waals surface area contributed by atoms with Crippen molar-refractivity contribution in [3.05, 3.63) is 54.1 Å². The molecule has 1 fully saturated rings. The summed E-state index contributed by atoms with van der Waals surface area (Å²) in [5.74, 6) is -0.161. The molecule has 158 valence electrons. The van der Waals surface area contributed by atoms with Crippen LogP contribution in [0.2, 0.25) is 0 Å². The van der Waals surface area contributed by atoms with Crippen molar-refractivity contribution in [1.29, 1.82) is 0 Å². The standard InChI is InChI=1S/C19H20N4O5S2/c1-13(20-18-16-5-2-3-6-17(16)30(27,28)22-18)19(24)21-14-7-9-15(10-8-14)23-11-4-12-29(23,25)26/h2-3,5-10,13H,4,11-12H2,1H3,(H,20,22)(H,21,24)/t13-/m0/s1. The van der Waals surface area contributed by atoms with E-state index >= 15 is 0 Å². The number of rotatable bonds is 4. The number of sulfonamides is 2. The minimum atomic E-state index is -3.67. The molecule has 11 heteroatoms. The van der Waals surface area contributed by atoms with Crippen LogP contribution in [0.3, 0.4) is 0 Å². The van der Waals surface area contributed by atoms with E-state index in [-0.39, 0.29) is 16.5 Å². The molecule has 0 aromatic heterocycles. The van der Waals surface area contributed by atoms with Gasteiger partial charge in [-0.05, 0) is 49.7 Å². The number of hydrogen-bond acceptors (Lipinski definition) is 6. The average molecular weight is 449 g/mol. The van der Waals surface area contributed by atoms with Crippen LogP contribution in [0, 0.1) is 0 Å². The second kappa shape index (κ2) is 7.40. The highest BCUT2D eigenvalue weighted by Crippen LogP contribution is 2.26. The van der Waals surface area contributed by atoms with Crippen molar-refractivity contribution in [1.82, 2.24) is 4.72 Å². The average Bonchev–Trinajstić information content (AvgIpc) is 3.18. The number of amidine groups is 1. The molecule has 4 rings (SSSR count). The normalized spacial score (nSPS) is 21.1. The van der Waals surface area contributed by atoms with E-state index in [0.717, 1.165) is 0 Å². The van der Waals surface area contributed by atoms with Crippen molar-refractivity contribution < 1.29 is 21.6 Å². The van der Waals surface area contributed by atoms with E-state index in [0.29, 0.717) is 29.9 Å². The van der Waals surface area contributed by atoms with Crippen LogP contribution in [0.4, 0.5) is 11.4 Å². The second-order valence-electron chi connectivity index (χ2n) is 7.03. The summed E-state index contributed by atoms with van der Waals surface area (Å²) in [5.41, 5.74) is 1.46. The fourth-order valence-electron chi connectivity index (χ4n) is 3.37. The number of nitrogens with one attached hydrogen (secondary N) is 2. The fourth-order valence-corrected chi connectivity index (χ4v) is 6.17. The molecule has 2 heterocycles. The molecular weight excluding hydrogens is 428 g/mol. The molecule has 0 aliphatic carbocycles. The third kappa shape index (κ3) is 3.77. The molecule has 1 atom stereocenters. The van der Waals surface area contributed by atoms with Gasteiger partial charge in [0.1, 0.15) is 11.9 Å². The number of anilines is 2. The van der Waals surface area contributed by atoms with Crippen molar-refractivity contribution in [2.75, 3.05) is 21.9 Å². The zero-order valence-corrected chi connectivity index (χ0v) is 17.7. The molecule has 2 aliphatic rings. The van der Waals surface area contributed by atoms with Gasteiger partial charge in [-0.3, -0.25) is 18.8 Å². The second-order valence-corrected chi connectivity index (χ2v) is 10.7. The number of carbonyl (C=O) groups excluding carboxylic acids is 1. The van der Waals surface area contributed by atoms with Crippen molar-refractivity contribution in [2.24, 2.45) is 4.99 Å². The van der Waals surface area contributed by atoms with Gasteiger partial charge in [-0.1, -0.05) is 12.1 Å². The summed E-state index contributed by atoms with van der Waals surface area (Å²) in [5, 5.41) is 2.71. The van der Waals surface area contributed by atoms with Crippen molar-refractivity contribution in [3.63, 3.8) is 0 Å². The van der Waals surface area contributed by atoms with E-state index < -0.39 is 32.0 Å². The number of fused-ring (bicyclic) bond motifs is 1. The summed E-state index contributed by atoms with van der Waals surface area (Å²) in [6.45, 7) is 2.00. The molecule has 9 nitrogen and oxygen atoms in total. The highest BCUT2D eigenvalue weighted by Gasteiger charge is 2.31. The number of amides is 1. The Hall–Kier alpha value is -2.92. The third-order valence-electron chi connectivity index (χ3n) is 4.89. The Morgan fingerprint density at radius 2 is 1.80 bits per heavy atom. The van der Waals surface area contributed by atoms with Gasteiger partial charge >= 0.3 is 0 Å². The molecule has 2 aromatic rings. The molecule has 0 spiro atoms. The zero-order chi connectivity index (χ0) is 21.5. The lowest BCUT2D eigenvalue weighted by Crippen LogP contribution is -2.29. The van der Waals surface area contributed by atoms with Crippen molar-refractivity contribution in [3.8, 4) is 0 Å². The van der Waals surface area contributed by atoms with Crippen molar-refractivity contribution in [2.45, 2.75) is 24.3 Å². The summed E-state index contributed by atoms with van der Waals surface area (Å²) in [6, 6.07) is 12.1. The van der Waals surface area contributed by atoms with E-state index in [2.05, 4.69) is 15.0 Å². The molecule has 30 heavy (non-hydrogen) atoms. The maximum atomic E-state index is 12.5. The number of aliphatic imine (C=N–C) groups is 1. The van der Waals surface area contributed by atoms with Gasteiger partial charge in [0.25, 0.3) is 10.0 Å². The predicted molar refractivity (Wildman–Crippen MR) is 114 cm³/mol. The van der Waals surface area contributed by atoms with Crippen LogP contribution in [0.5, 0.6) is 0 Å². The number of benzene rings is 2. The SMILES string of the molecule is C[C@H](N=C1NS(=O)(=O)c2ccccc21)C(=O)Nc1ccc(N2CCCS2(=O)=O)cc1. The van der Waals surface area contributed by atoms with E-state index in [4.69, 9.17) is 0 Å². The first kappa shape index (κ1) is 20.4. The molecule has 1 amide bonds. The largest absolute Gasteiger partial charge is 0.324 e. The monoisotopic (exact) mass is 448 g/mol. The number of hydrogen-bond donors (Lipinski definition) is 2. The van der Waals surface area contributed by atoms with Crippen LogP contribution in [0.15, 0.2) is 58.4 Å². The molecule has 0 unspecified atom stereocenters. The van der Waals surface area contributed by atoms with Gasteiger partial charge in [-0.15, -0.1) is 0 Å². The maximum absolute atomic E-state index is 12.5. The zero-order valence-electron chi connectivity index (χ0n) is 16.1. The summed E-state index contributed by atoms with van der Waals surface area (Å²) in [6.07, 6.45) is 0.589.